The van der Waals surface area contributed by atoms with Gasteiger partial charge < -0.3 is 4.90 Å². The van der Waals surface area contributed by atoms with Crippen LogP contribution in [0.4, 0.5) is 5.69 Å². The molecule has 1 aliphatic rings. The van der Waals surface area contributed by atoms with Gasteiger partial charge in [0.2, 0.25) is 5.91 Å². The first-order chi connectivity index (χ1) is 12.9. The Morgan fingerprint density at radius 2 is 2.22 bits per heavy atom. The number of hydrogen-bond acceptors (Lipinski definition) is 5. The summed E-state index contributed by atoms with van der Waals surface area (Å²) >= 11 is 7.94. The number of benzene rings is 1. The second kappa shape index (κ2) is 8.37. The van der Waals surface area contributed by atoms with Crippen LogP contribution in [0.15, 0.2) is 29.6 Å². The van der Waals surface area contributed by atoms with Crippen molar-refractivity contribution in [1.82, 2.24) is 9.80 Å². The van der Waals surface area contributed by atoms with Crippen LogP contribution in [0.5, 0.6) is 0 Å². The Balaban J connectivity index is 1.68. The van der Waals surface area contributed by atoms with Crippen molar-refractivity contribution in [2.75, 3.05) is 20.1 Å². The molecule has 0 bridgehead atoms. The lowest BCUT2D eigenvalue weighted by atomic mass is 9.97. The minimum atomic E-state index is -0.441. The summed E-state index contributed by atoms with van der Waals surface area (Å²) < 4.78 is 0. The summed E-state index contributed by atoms with van der Waals surface area (Å²) in [6, 6.07) is 6.63. The molecule has 3 rings (SSSR count). The summed E-state index contributed by atoms with van der Waals surface area (Å²) in [5, 5.41) is 13.5. The van der Waals surface area contributed by atoms with Crippen LogP contribution in [0.2, 0.25) is 5.02 Å². The molecule has 2 aromatic rings. The van der Waals surface area contributed by atoms with E-state index in [2.05, 4.69) is 18.4 Å². The summed E-state index contributed by atoms with van der Waals surface area (Å²) in [5.74, 6) is 0.0720. The number of carbonyl (C=O) groups excluding carboxylic acids is 1. The zero-order chi connectivity index (χ0) is 19.6. The molecule has 6 nitrogen and oxygen atoms in total. The number of nitrogens with zero attached hydrogens (tertiary/aromatic N) is 3. The number of nitro groups is 1. The smallest absolute Gasteiger partial charge is 0.269 e. The fraction of sp³-hybridized carbons (Fsp3) is 0.421. The Kier molecular flexibility index (Phi) is 6.14. The highest BCUT2D eigenvalue weighted by atomic mass is 35.5. The molecule has 0 aliphatic carbocycles. The summed E-state index contributed by atoms with van der Waals surface area (Å²) in [6.07, 6.45) is 1.78. The molecule has 0 saturated heterocycles. The molecule has 1 amide bonds. The number of rotatable bonds is 6. The molecule has 144 valence electrons. The Morgan fingerprint density at radius 1 is 1.44 bits per heavy atom. The first kappa shape index (κ1) is 19.8. The Morgan fingerprint density at radius 3 is 2.93 bits per heavy atom. The molecule has 1 aromatic heterocycles. The van der Waals surface area contributed by atoms with Crippen LogP contribution in [0.1, 0.15) is 35.4 Å². The molecule has 0 spiro atoms. The van der Waals surface area contributed by atoms with E-state index in [0.717, 1.165) is 19.4 Å². The fourth-order valence-electron chi connectivity index (χ4n) is 3.60. The average molecular weight is 408 g/mol. The van der Waals surface area contributed by atoms with Gasteiger partial charge in [0.05, 0.1) is 17.5 Å². The first-order valence-electron chi connectivity index (χ1n) is 8.87. The van der Waals surface area contributed by atoms with E-state index in [9.17, 15) is 14.9 Å². The first-order valence-corrected chi connectivity index (χ1v) is 10.1. The Labute approximate surface area is 167 Å². The van der Waals surface area contributed by atoms with Gasteiger partial charge in [-0.2, -0.15) is 0 Å². The molecule has 1 aliphatic heterocycles. The number of carbonyl (C=O) groups is 1. The number of fused-ring (bicyclic) bond motifs is 1. The van der Waals surface area contributed by atoms with Crippen LogP contribution in [0.3, 0.4) is 0 Å². The zero-order valence-electron chi connectivity index (χ0n) is 15.4. The Hall–Kier alpha value is -1.96. The zero-order valence-corrected chi connectivity index (χ0v) is 16.9. The van der Waals surface area contributed by atoms with Gasteiger partial charge in [-0.15, -0.1) is 11.3 Å². The van der Waals surface area contributed by atoms with E-state index >= 15 is 0 Å². The predicted octanol–water partition coefficient (Wildman–Crippen LogP) is 4.28. The lowest BCUT2D eigenvalue weighted by molar-refractivity contribution is -0.384. The Bertz CT molecular complexity index is 854. The van der Waals surface area contributed by atoms with Crippen LogP contribution in [0, 0.1) is 10.1 Å². The van der Waals surface area contributed by atoms with Crippen molar-refractivity contribution in [3.63, 3.8) is 0 Å². The molecule has 0 radical (unpaired) electrons. The molecule has 27 heavy (non-hydrogen) atoms. The number of hydrogen-bond donors (Lipinski definition) is 0. The van der Waals surface area contributed by atoms with Crippen molar-refractivity contribution in [3.05, 3.63) is 60.8 Å². The molecule has 8 heteroatoms. The van der Waals surface area contributed by atoms with Gasteiger partial charge in [0.15, 0.2) is 0 Å². The molecule has 0 fully saturated rings. The summed E-state index contributed by atoms with van der Waals surface area (Å²) in [5.41, 5.74) is 1.92. The van der Waals surface area contributed by atoms with Crippen molar-refractivity contribution >= 4 is 34.5 Å². The maximum absolute atomic E-state index is 12.9. The normalized spacial score (nSPS) is 16.4. The highest BCUT2D eigenvalue weighted by Gasteiger charge is 2.30. The van der Waals surface area contributed by atoms with Gasteiger partial charge in [-0.1, -0.05) is 18.5 Å². The van der Waals surface area contributed by atoms with Crippen molar-refractivity contribution in [1.29, 1.82) is 0 Å². The van der Waals surface area contributed by atoms with Gasteiger partial charge in [-0.25, -0.2) is 0 Å². The number of nitro benzene ring substituents is 1. The minimum Gasteiger partial charge on any atom is -0.334 e. The van der Waals surface area contributed by atoms with Gasteiger partial charge in [-0.05, 0) is 48.5 Å². The van der Waals surface area contributed by atoms with Gasteiger partial charge >= 0.3 is 0 Å². The van der Waals surface area contributed by atoms with Gasteiger partial charge in [-0.3, -0.25) is 19.8 Å². The van der Waals surface area contributed by atoms with Crippen LogP contribution in [-0.2, 0) is 17.8 Å². The van der Waals surface area contributed by atoms with Crippen LogP contribution < -0.4 is 0 Å². The quantitative estimate of drug-likeness (QED) is 0.529. The standard InChI is InChI=1S/C19H22ClN3O3S/c1-3-17-15-7-9-27-18(15)6-8-22(17)19(24)12-21(2)11-13-10-14(23(25)26)4-5-16(13)20/h4-5,7,9-10,17H,3,6,8,11-12H2,1-2H3. The van der Waals surface area contributed by atoms with Gasteiger partial charge in [0.1, 0.15) is 0 Å². The third-order valence-corrected chi connectivity index (χ3v) is 6.25. The van der Waals surface area contributed by atoms with E-state index in [0.29, 0.717) is 17.1 Å². The van der Waals surface area contributed by atoms with Gasteiger partial charge in [0.25, 0.3) is 5.69 Å². The van der Waals surface area contributed by atoms with Crippen molar-refractivity contribution in [2.24, 2.45) is 0 Å². The van der Waals surface area contributed by atoms with E-state index in [1.54, 1.807) is 11.3 Å². The van der Waals surface area contributed by atoms with Crippen molar-refractivity contribution < 1.29 is 9.72 Å². The lowest BCUT2D eigenvalue weighted by Gasteiger charge is -2.36. The molecular weight excluding hydrogens is 386 g/mol. The molecule has 1 atom stereocenters. The minimum absolute atomic E-state index is 0.00110. The summed E-state index contributed by atoms with van der Waals surface area (Å²) in [7, 11) is 1.83. The maximum Gasteiger partial charge on any atom is 0.269 e. The largest absolute Gasteiger partial charge is 0.334 e. The van der Waals surface area contributed by atoms with Crippen molar-refractivity contribution in [3.8, 4) is 0 Å². The van der Waals surface area contributed by atoms with E-state index in [4.69, 9.17) is 11.6 Å². The second-order valence-electron chi connectivity index (χ2n) is 6.77. The van der Waals surface area contributed by atoms with E-state index in [-0.39, 0.29) is 24.2 Å². The molecule has 1 unspecified atom stereocenters. The maximum atomic E-state index is 12.9. The predicted molar refractivity (Wildman–Crippen MR) is 107 cm³/mol. The summed E-state index contributed by atoms with van der Waals surface area (Å²) in [4.78, 5) is 28.6. The number of non-ortho nitro benzene ring substituents is 1. The lowest BCUT2D eigenvalue weighted by Crippen LogP contribution is -2.44. The molecule has 1 aromatic carbocycles. The van der Waals surface area contributed by atoms with Crippen LogP contribution in [0.25, 0.3) is 0 Å². The number of thiophene rings is 1. The van der Waals surface area contributed by atoms with Crippen LogP contribution >= 0.6 is 22.9 Å². The van der Waals surface area contributed by atoms with E-state index < -0.39 is 4.92 Å². The monoisotopic (exact) mass is 407 g/mol. The van der Waals surface area contributed by atoms with E-state index in [1.165, 1.54) is 28.6 Å². The molecular formula is C19H22ClN3O3S. The second-order valence-corrected chi connectivity index (χ2v) is 8.17. The average Bonchev–Trinajstić information content (AvgIpc) is 3.11. The molecule has 0 N–H and O–H groups in total. The third kappa shape index (κ3) is 4.31. The number of halogens is 1. The SMILES string of the molecule is CCC1c2ccsc2CCN1C(=O)CN(C)Cc1cc([N+](=O)[O-])ccc1Cl. The van der Waals surface area contributed by atoms with Crippen LogP contribution in [-0.4, -0.2) is 40.8 Å². The summed E-state index contributed by atoms with van der Waals surface area (Å²) in [6.45, 7) is 3.45. The number of amides is 1. The highest BCUT2D eigenvalue weighted by Crippen LogP contribution is 2.35. The highest BCUT2D eigenvalue weighted by molar-refractivity contribution is 7.10. The van der Waals surface area contributed by atoms with Crippen molar-refractivity contribution in [2.45, 2.75) is 32.4 Å². The fourth-order valence-corrected chi connectivity index (χ4v) is 4.70. The van der Waals surface area contributed by atoms with Gasteiger partial charge in [0, 0.05) is 35.1 Å². The molecule has 0 saturated carbocycles. The van der Waals surface area contributed by atoms with E-state index in [1.807, 2.05) is 16.8 Å². The number of likely N-dealkylation sites (N-methyl/N-ethyl adjacent to an activating group) is 1. The topological polar surface area (TPSA) is 66.7 Å². The molecule has 2 heterocycles. The third-order valence-electron chi connectivity index (χ3n) is 4.89.